The van der Waals surface area contributed by atoms with Crippen LogP contribution in [0.2, 0.25) is 10.0 Å². The van der Waals surface area contributed by atoms with E-state index in [0.717, 1.165) is 11.3 Å². The van der Waals surface area contributed by atoms with E-state index < -0.39 is 0 Å². The molecular formula is C23H22Cl2N2O3. The van der Waals surface area contributed by atoms with Gasteiger partial charge in [0.1, 0.15) is 0 Å². The van der Waals surface area contributed by atoms with Crippen LogP contribution < -0.4 is 20.1 Å². The first-order chi connectivity index (χ1) is 14.4. The standard InChI is InChI=1S/C23H22Cl2N2O3/c1-15-3-6-17(7-4-15)26-13-16-5-10-21(22(11-16)29-2)30-14-23(28)27-18-8-9-19(24)20(25)12-18/h3-12,26H,13-14H2,1-2H3,(H,27,28). The van der Waals surface area contributed by atoms with Crippen molar-refractivity contribution >= 4 is 40.5 Å². The van der Waals surface area contributed by atoms with Gasteiger partial charge < -0.3 is 20.1 Å². The maximum Gasteiger partial charge on any atom is 0.262 e. The molecule has 30 heavy (non-hydrogen) atoms. The van der Waals surface area contributed by atoms with Crippen molar-refractivity contribution in [2.75, 3.05) is 24.4 Å². The summed E-state index contributed by atoms with van der Waals surface area (Å²) in [5, 5.41) is 6.87. The van der Waals surface area contributed by atoms with Gasteiger partial charge in [-0.2, -0.15) is 0 Å². The number of ether oxygens (including phenoxy) is 2. The Balaban J connectivity index is 1.56. The van der Waals surface area contributed by atoms with E-state index >= 15 is 0 Å². The Morgan fingerprint density at radius 1 is 0.900 bits per heavy atom. The molecule has 0 saturated heterocycles. The van der Waals surface area contributed by atoms with E-state index in [2.05, 4.69) is 29.7 Å². The van der Waals surface area contributed by atoms with E-state index in [1.54, 1.807) is 31.4 Å². The van der Waals surface area contributed by atoms with E-state index in [4.69, 9.17) is 32.7 Å². The molecule has 0 aliphatic rings. The maximum absolute atomic E-state index is 12.2. The van der Waals surface area contributed by atoms with Crippen LogP contribution >= 0.6 is 23.2 Å². The number of benzene rings is 3. The number of hydrogen-bond donors (Lipinski definition) is 2. The minimum Gasteiger partial charge on any atom is -0.493 e. The summed E-state index contributed by atoms with van der Waals surface area (Å²) in [4.78, 5) is 12.2. The largest absolute Gasteiger partial charge is 0.493 e. The van der Waals surface area contributed by atoms with Crippen molar-refractivity contribution in [1.82, 2.24) is 0 Å². The highest BCUT2D eigenvalue weighted by Crippen LogP contribution is 2.29. The first kappa shape index (κ1) is 21.8. The molecule has 0 bridgehead atoms. The lowest BCUT2D eigenvalue weighted by molar-refractivity contribution is -0.118. The molecule has 0 radical (unpaired) electrons. The highest BCUT2D eigenvalue weighted by molar-refractivity contribution is 6.42. The quantitative estimate of drug-likeness (QED) is 0.451. The summed E-state index contributed by atoms with van der Waals surface area (Å²) in [5.41, 5.74) is 3.83. The number of anilines is 2. The summed E-state index contributed by atoms with van der Waals surface area (Å²) in [5.74, 6) is 0.724. The van der Waals surface area contributed by atoms with Crippen molar-refractivity contribution < 1.29 is 14.3 Å². The van der Waals surface area contributed by atoms with Gasteiger partial charge >= 0.3 is 0 Å². The third-order valence-electron chi connectivity index (χ3n) is 4.34. The fourth-order valence-electron chi connectivity index (χ4n) is 2.73. The number of methoxy groups -OCH3 is 1. The number of halogens is 2. The molecule has 3 rings (SSSR count). The van der Waals surface area contributed by atoms with Crippen LogP contribution in [0.4, 0.5) is 11.4 Å². The fourth-order valence-corrected chi connectivity index (χ4v) is 3.03. The zero-order chi connectivity index (χ0) is 21.5. The van der Waals surface area contributed by atoms with E-state index in [-0.39, 0.29) is 12.5 Å². The van der Waals surface area contributed by atoms with Crippen molar-refractivity contribution in [2.45, 2.75) is 13.5 Å². The van der Waals surface area contributed by atoms with Crippen LogP contribution in [0.3, 0.4) is 0 Å². The average molecular weight is 445 g/mol. The first-order valence-corrected chi connectivity index (χ1v) is 10.1. The molecule has 0 aromatic heterocycles. The summed E-state index contributed by atoms with van der Waals surface area (Å²) < 4.78 is 11.0. The fraction of sp³-hybridized carbons (Fsp3) is 0.174. The van der Waals surface area contributed by atoms with Gasteiger partial charge in [-0.15, -0.1) is 0 Å². The highest BCUT2D eigenvalue weighted by Gasteiger charge is 2.10. The lowest BCUT2D eigenvalue weighted by Crippen LogP contribution is -2.20. The third-order valence-corrected chi connectivity index (χ3v) is 5.08. The Labute approximate surface area is 185 Å². The summed E-state index contributed by atoms with van der Waals surface area (Å²) in [6.45, 7) is 2.52. The third kappa shape index (κ3) is 6.05. The van der Waals surface area contributed by atoms with Crippen LogP contribution in [0.25, 0.3) is 0 Å². The molecule has 0 aliphatic heterocycles. The Kier molecular flexibility index (Phi) is 7.44. The molecule has 0 saturated carbocycles. The second-order valence-corrected chi connectivity index (χ2v) is 7.48. The molecule has 0 spiro atoms. The zero-order valence-electron chi connectivity index (χ0n) is 16.7. The molecule has 0 heterocycles. The maximum atomic E-state index is 12.2. The lowest BCUT2D eigenvalue weighted by Gasteiger charge is -2.13. The van der Waals surface area contributed by atoms with Gasteiger partial charge in [0.2, 0.25) is 0 Å². The van der Waals surface area contributed by atoms with Gasteiger partial charge in [-0.05, 0) is 55.0 Å². The highest BCUT2D eigenvalue weighted by atomic mass is 35.5. The summed E-state index contributed by atoms with van der Waals surface area (Å²) >= 11 is 11.8. The van der Waals surface area contributed by atoms with E-state index in [0.29, 0.717) is 33.8 Å². The SMILES string of the molecule is COc1cc(CNc2ccc(C)cc2)ccc1OCC(=O)Nc1ccc(Cl)c(Cl)c1. The summed E-state index contributed by atoms with van der Waals surface area (Å²) in [6.07, 6.45) is 0. The van der Waals surface area contributed by atoms with Crippen LogP contribution in [0.5, 0.6) is 11.5 Å². The second-order valence-electron chi connectivity index (χ2n) is 6.67. The Bertz CT molecular complexity index is 1020. The van der Waals surface area contributed by atoms with Crippen molar-refractivity contribution in [3.8, 4) is 11.5 Å². The van der Waals surface area contributed by atoms with Crippen LogP contribution in [0.15, 0.2) is 60.7 Å². The minimum atomic E-state index is -0.319. The van der Waals surface area contributed by atoms with Crippen LogP contribution in [-0.4, -0.2) is 19.6 Å². The number of hydrogen-bond acceptors (Lipinski definition) is 4. The smallest absolute Gasteiger partial charge is 0.262 e. The molecule has 0 atom stereocenters. The molecule has 0 aliphatic carbocycles. The zero-order valence-corrected chi connectivity index (χ0v) is 18.2. The molecule has 0 fully saturated rings. The molecule has 2 N–H and O–H groups in total. The molecule has 156 valence electrons. The number of amides is 1. The number of nitrogens with one attached hydrogen (secondary N) is 2. The molecule has 7 heteroatoms. The van der Waals surface area contributed by atoms with Gasteiger partial charge in [0.25, 0.3) is 5.91 Å². The van der Waals surface area contributed by atoms with Gasteiger partial charge in [-0.25, -0.2) is 0 Å². The number of carbonyl (C=O) groups excluding carboxylic acids is 1. The second kappa shape index (κ2) is 10.2. The number of carbonyl (C=O) groups is 1. The molecule has 3 aromatic rings. The average Bonchev–Trinajstić information content (AvgIpc) is 2.74. The van der Waals surface area contributed by atoms with Crippen molar-refractivity contribution in [3.63, 3.8) is 0 Å². The minimum absolute atomic E-state index is 0.169. The van der Waals surface area contributed by atoms with Gasteiger partial charge in [0.15, 0.2) is 18.1 Å². The number of aryl methyl sites for hydroxylation is 1. The molecule has 0 unspecified atom stereocenters. The summed E-state index contributed by atoms with van der Waals surface area (Å²) in [7, 11) is 1.56. The van der Waals surface area contributed by atoms with Crippen LogP contribution in [-0.2, 0) is 11.3 Å². The van der Waals surface area contributed by atoms with Gasteiger partial charge in [-0.3, -0.25) is 4.79 Å². The first-order valence-electron chi connectivity index (χ1n) is 9.30. The monoisotopic (exact) mass is 444 g/mol. The van der Waals surface area contributed by atoms with Crippen molar-refractivity contribution in [1.29, 1.82) is 0 Å². The van der Waals surface area contributed by atoms with Crippen molar-refractivity contribution in [3.05, 3.63) is 81.8 Å². The molecular weight excluding hydrogens is 423 g/mol. The predicted molar refractivity (Wildman–Crippen MR) is 122 cm³/mol. The predicted octanol–water partition coefficient (Wildman–Crippen LogP) is 5.94. The van der Waals surface area contributed by atoms with Crippen LogP contribution in [0.1, 0.15) is 11.1 Å². The van der Waals surface area contributed by atoms with Crippen molar-refractivity contribution in [2.24, 2.45) is 0 Å². The summed E-state index contributed by atoms with van der Waals surface area (Å²) in [6, 6.07) is 18.7. The molecule has 1 amide bonds. The van der Waals surface area contributed by atoms with Gasteiger partial charge in [0.05, 0.1) is 17.2 Å². The number of rotatable bonds is 8. The topological polar surface area (TPSA) is 59.6 Å². The van der Waals surface area contributed by atoms with Crippen LogP contribution in [0, 0.1) is 6.92 Å². The van der Waals surface area contributed by atoms with Gasteiger partial charge in [-0.1, -0.05) is 47.0 Å². The molecule has 5 nitrogen and oxygen atoms in total. The Hall–Kier alpha value is -2.89. The van der Waals surface area contributed by atoms with E-state index in [9.17, 15) is 4.79 Å². The molecule has 3 aromatic carbocycles. The van der Waals surface area contributed by atoms with E-state index in [1.165, 1.54) is 5.56 Å². The Morgan fingerprint density at radius 3 is 2.33 bits per heavy atom. The Morgan fingerprint density at radius 2 is 1.63 bits per heavy atom. The lowest BCUT2D eigenvalue weighted by atomic mass is 10.2. The normalized spacial score (nSPS) is 10.4. The van der Waals surface area contributed by atoms with Gasteiger partial charge in [0, 0.05) is 17.9 Å². The van der Waals surface area contributed by atoms with E-state index in [1.807, 2.05) is 24.3 Å².